The number of nitriles is 1. The summed E-state index contributed by atoms with van der Waals surface area (Å²) >= 11 is 1.33. The van der Waals surface area contributed by atoms with Gasteiger partial charge in [-0.2, -0.15) is 5.26 Å². The molecule has 8 nitrogen and oxygen atoms in total. The molecule has 0 bridgehead atoms. The maximum Gasteiger partial charge on any atom is 0.293 e. The Balaban J connectivity index is 1.50. The second-order valence-corrected chi connectivity index (χ2v) is 7.01. The first kappa shape index (κ1) is 18.9. The second kappa shape index (κ2) is 8.70. The highest BCUT2D eigenvalue weighted by molar-refractivity contribution is 7.14. The van der Waals surface area contributed by atoms with E-state index in [2.05, 4.69) is 31.2 Å². The van der Waals surface area contributed by atoms with Crippen LogP contribution in [0, 0.1) is 11.3 Å². The third-order valence-corrected chi connectivity index (χ3v) is 5.11. The summed E-state index contributed by atoms with van der Waals surface area (Å²) in [6.45, 7) is 5.78. The fourth-order valence-corrected chi connectivity index (χ4v) is 3.46. The molecule has 9 heteroatoms. The molecule has 0 aromatic carbocycles. The van der Waals surface area contributed by atoms with E-state index in [0.717, 1.165) is 37.7 Å². The molecule has 0 aliphatic carbocycles. The predicted molar refractivity (Wildman–Crippen MR) is 102 cm³/mol. The molecule has 2 aromatic heterocycles. The predicted octanol–water partition coefficient (Wildman–Crippen LogP) is 1.65. The number of carbonyl (C=O) groups is 2. The summed E-state index contributed by atoms with van der Waals surface area (Å²) in [7, 11) is 0. The molecule has 27 heavy (non-hydrogen) atoms. The van der Waals surface area contributed by atoms with Crippen LogP contribution in [0.4, 0.5) is 10.9 Å². The number of nitrogens with zero attached hydrogens (tertiary/aromatic N) is 5. The van der Waals surface area contributed by atoms with Crippen LogP contribution in [-0.2, 0) is 16.1 Å². The fraction of sp³-hybridized carbons (Fsp3) is 0.389. The van der Waals surface area contributed by atoms with Gasteiger partial charge in [-0.1, -0.05) is 6.92 Å². The van der Waals surface area contributed by atoms with Crippen molar-refractivity contribution in [2.45, 2.75) is 19.9 Å². The molecule has 0 saturated carbocycles. The Morgan fingerprint density at radius 3 is 2.70 bits per heavy atom. The van der Waals surface area contributed by atoms with Crippen molar-refractivity contribution in [1.82, 2.24) is 14.9 Å². The minimum Gasteiger partial charge on any atom is -0.354 e. The number of carbonyl (C=O) groups excluding carboxylic acids is 2. The van der Waals surface area contributed by atoms with Crippen LogP contribution in [-0.4, -0.2) is 52.7 Å². The molecule has 3 heterocycles. The SMILES string of the molecule is CCC(=O)C(=O)Nc1nc(CN2CCN(c3ccc(C#N)cn3)CC2)cs1. The van der Waals surface area contributed by atoms with Gasteiger partial charge in [0.05, 0.1) is 11.3 Å². The van der Waals surface area contributed by atoms with E-state index in [4.69, 9.17) is 5.26 Å². The number of amides is 1. The van der Waals surface area contributed by atoms with Crippen molar-refractivity contribution in [3.8, 4) is 6.07 Å². The van der Waals surface area contributed by atoms with E-state index in [1.807, 2.05) is 11.4 Å². The zero-order valence-corrected chi connectivity index (χ0v) is 15.8. The summed E-state index contributed by atoms with van der Waals surface area (Å²) in [4.78, 5) is 36.2. The molecular weight excluding hydrogens is 364 g/mol. The number of hydrogen-bond acceptors (Lipinski definition) is 8. The standard InChI is InChI=1S/C18H20N6O2S/c1-2-15(25)17(26)22-18-21-14(12-27-18)11-23-5-7-24(8-6-23)16-4-3-13(9-19)10-20-16/h3-4,10,12H,2,5-8,11H2,1H3,(H,21,22,26). The molecule has 1 amide bonds. The first-order valence-electron chi connectivity index (χ1n) is 8.71. The fourth-order valence-electron chi connectivity index (χ4n) is 2.77. The van der Waals surface area contributed by atoms with E-state index in [-0.39, 0.29) is 6.42 Å². The summed E-state index contributed by atoms with van der Waals surface area (Å²) < 4.78 is 0. The van der Waals surface area contributed by atoms with Crippen LogP contribution in [0.15, 0.2) is 23.7 Å². The van der Waals surface area contributed by atoms with Crippen LogP contribution in [0.5, 0.6) is 0 Å². The van der Waals surface area contributed by atoms with E-state index in [9.17, 15) is 9.59 Å². The minimum atomic E-state index is -0.609. The number of aromatic nitrogens is 2. The third kappa shape index (κ3) is 4.87. The van der Waals surface area contributed by atoms with Crippen molar-refractivity contribution in [3.05, 3.63) is 35.0 Å². The van der Waals surface area contributed by atoms with Crippen LogP contribution in [0.1, 0.15) is 24.6 Å². The average Bonchev–Trinajstić information content (AvgIpc) is 3.14. The molecule has 0 unspecified atom stereocenters. The Morgan fingerprint density at radius 1 is 1.30 bits per heavy atom. The Morgan fingerprint density at radius 2 is 2.07 bits per heavy atom. The molecule has 0 spiro atoms. The third-order valence-electron chi connectivity index (χ3n) is 4.31. The molecule has 1 aliphatic rings. The lowest BCUT2D eigenvalue weighted by atomic mass is 10.2. The van der Waals surface area contributed by atoms with Gasteiger partial charge in [-0.15, -0.1) is 11.3 Å². The number of pyridine rings is 1. The minimum absolute atomic E-state index is 0.183. The zero-order chi connectivity index (χ0) is 19.2. The summed E-state index contributed by atoms with van der Waals surface area (Å²) in [5, 5.41) is 13.8. The summed E-state index contributed by atoms with van der Waals surface area (Å²) in [5.41, 5.74) is 1.44. The second-order valence-electron chi connectivity index (χ2n) is 6.15. The summed E-state index contributed by atoms with van der Waals surface area (Å²) in [5.74, 6) is -0.172. The van der Waals surface area contributed by atoms with Crippen LogP contribution in [0.25, 0.3) is 0 Å². The van der Waals surface area contributed by atoms with E-state index < -0.39 is 11.7 Å². The highest BCUT2D eigenvalue weighted by Crippen LogP contribution is 2.19. The van der Waals surface area contributed by atoms with Crippen molar-refractivity contribution in [1.29, 1.82) is 5.26 Å². The Kier molecular flexibility index (Phi) is 6.11. The molecule has 1 N–H and O–H groups in total. The van der Waals surface area contributed by atoms with Gasteiger partial charge < -0.3 is 4.90 Å². The van der Waals surface area contributed by atoms with Crippen LogP contribution >= 0.6 is 11.3 Å². The normalized spacial score (nSPS) is 14.6. The van der Waals surface area contributed by atoms with Gasteiger partial charge in [0.25, 0.3) is 5.91 Å². The van der Waals surface area contributed by atoms with Gasteiger partial charge in [-0.25, -0.2) is 9.97 Å². The first-order valence-corrected chi connectivity index (χ1v) is 9.59. The van der Waals surface area contributed by atoms with Crippen molar-refractivity contribution >= 4 is 34.0 Å². The highest BCUT2D eigenvalue weighted by Gasteiger charge is 2.19. The van der Waals surface area contributed by atoms with Gasteiger partial charge in [0.2, 0.25) is 5.78 Å². The van der Waals surface area contributed by atoms with Gasteiger partial charge >= 0.3 is 0 Å². The maximum absolute atomic E-state index is 11.6. The van der Waals surface area contributed by atoms with E-state index in [1.165, 1.54) is 11.3 Å². The summed E-state index contributed by atoms with van der Waals surface area (Å²) in [6, 6.07) is 5.73. The molecule has 2 aromatic rings. The molecule has 1 saturated heterocycles. The highest BCUT2D eigenvalue weighted by atomic mass is 32.1. The Bertz CT molecular complexity index is 849. The molecule has 0 atom stereocenters. The van der Waals surface area contributed by atoms with Crippen LogP contribution in [0.3, 0.4) is 0 Å². The van der Waals surface area contributed by atoms with Crippen LogP contribution < -0.4 is 10.2 Å². The molecule has 1 aliphatic heterocycles. The first-order chi connectivity index (χ1) is 13.1. The monoisotopic (exact) mass is 384 g/mol. The van der Waals surface area contributed by atoms with Gasteiger partial charge in [-0.3, -0.25) is 19.8 Å². The van der Waals surface area contributed by atoms with Crippen LogP contribution in [0.2, 0.25) is 0 Å². The van der Waals surface area contributed by atoms with Gasteiger partial charge in [0.1, 0.15) is 11.9 Å². The lowest BCUT2D eigenvalue weighted by Gasteiger charge is -2.35. The molecule has 0 radical (unpaired) electrons. The number of anilines is 2. The Hall–Kier alpha value is -2.83. The zero-order valence-electron chi connectivity index (χ0n) is 15.0. The quantitative estimate of drug-likeness (QED) is 0.756. The smallest absolute Gasteiger partial charge is 0.293 e. The average molecular weight is 384 g/mol. The van der Waals surface area contributed by atoms with Gasteiger partial charge in [0.15, 0.2) is 5.13 Å². The number of rotatable bonds is 6. The molecule has 1 fully saturated rings. The van der Waals surface area contributed by atoms with Crippen molar-refractivity contribution in [2.24, 2.45) is 0 Å². The molecule has 140 valence electrons. The van der Waals surface area contributed by atoms with Crippen molar-refractivity contribution in [3.63, 3.8) is 0 Å². The van der Waals surface area contributed by atoms with Crippen molar-refractivity contribution in [2.75, 3.05) is 36.4 Å². The van der Waals surface area contributed by atoms with Gasteiger partial charge in [0, 0.05) is 50.7 Å². The topological polar surface area (TPSA) is 102 Å². The number of hydrogen-bond donors (Lipinski definition) is 1. The van der Waals surface area contributed by atoms with Gasteiger partial charge in [-0.05, 0) is 12.1 Å². The number of Topliss-reactive ketones (excluding diaryl/α,β-unsaturated/α-hetero) is 1. The molecular formula is C18H20N6O2S. The van der Waals surface area contributed by atoms with E-state index in [1.54, 1.807) is 19.2 Å². The van der Waals surface area contributed by atoms with Crippen molar-refractivity contribution < 1.29 is 9.59 Å². The number of thiazole rings is 1. The Labute approximate surface area is 161 Å². The number of nitrogens with one attached hydrogen (secondary N) is 1. The van der Waals surface area contributed by atoms with E-state index >= 15 is 0 Å². The maximum atomic E-state index is 11.6. The number of ketones is 1. The molecule has 3 rings (SSSR count). The summed E-state index contributed by atoms with van der Waals surface area (Å²) in [6.07, 6.45) is 1.78. The van der Waals surface area contributed by atoms with E-state index in [0.29, 0.717) is 17.2 Å². The number of piperazine rings is 1. The lowest BCUT2D eigenvalue weighted by molar-refractivity contribution is -0.134. The lowest BCUT2D eigenvalue weighted by Crippen LogP contribution is -2.46. The largest absolute Gasteiger partial charge is 0.354 e.